The van der Waals surface area contributed by atoms with E-state index in [4.69, 9.17) is 9.47 Å². The summed E-state index contributed by atoms with van der Waals surface area (Å²) in [6.07, 6.45) is -2.29. The second-order valence-electron chi connectivity index (χ2n) is 7.17. The molecular weight excluding hydrogens is 526 g/mol. The smallest absolute Gasteiger partial charge is 0.435 e. The summed E-state index contributed by atoms with van der Waals surface area (Å²) in [5.41, 5.74) is 1.15. The second kappa shape index (κ2) is 11.0. The molecule has 0 bridgehead atoms. The first-order valence-corrected chi connectivity index (χ1v) is 9.64. The molecule has 1 unspecified atom stereocenters. The Hall–Kier alpha value is -2.02. The third-order valence-corrected chi connectivity index (χ3v) is 4.69. The molecule has 1 atom stereocenters. The van der Waals surface area contributed by atoms with Crippen LogP contribution in [0, 0.1) is 6.92 Å². The number of rotatable bonds is 6. The summed E-state index contributed by atoms with van der Waals surface area (Å²) < 4.78 is 51.9. The third kappa shape index (κ3) is 6.99. The zero-order valence-corrected chi connectivity index (χ0v) is 20.0. The molecule has 1 aromatic carbocycles. The molecule has 0 amide bonds. The van der Waals surface area contributed by atoms with Gasteiger partial charge in [-0.15, -0.1) is 24.0 Å². The number of aliphatic imine (C=N–C) groups is 1. The van der Waals surface area contributed by atoms with Crippen molar-refractivity contribution < 1.29 is 22.6 Å². The summed E-state index contributed by atoms with van der Waals surface area (Å²) in [5.74, 6) is 1.14. The number of aromatic nitrogens is 2. The van der Waals surface area contributed by atoms with E-state index < -0.39 is 11.9 Å². The van der Waals surface area contributed by atoms with Gasteiger partial charge < -0.3 is 20.1 Å². The Morgan fingerprint density at radius 2 is 2.00 bits per heavy atom. The maximum atomic E-state index is 13.1. The van der Waals surface area contributed by atoms with Gasteiger partial charge in [0.05, 0.1) is 13.2 Å². The number of hydrogen-bond donors (Lipinski definition) is 2. The van der Waals surface area contributed by atoms with Crippen LogP contribution in [0.2, 0.25) is 0 Å². The van der Waals surface area contributed by atoms with Crippen LogP contribution in [0.1, 0.15) is 28.8 Å². The predicted molar refractivity (Wildman–Crippen MR) is 122 cm³/mol. The molecular formula is C20H27F3IN5O2. The maximum Gasteiger partial charge on any atom is 0.435 e. The topological polar surface area (TPSA) is 72.7 Å². The lowest BCUT2D eigenvalue weighted by Crippen LogP contribution is -2.36. The minimum Gasteiger partial charge on any atom is -0.488 e. The van der Waals surface area contributed by atoms with E-state index in [0.717, 1.165) is 28.0 Å². The molecule has 7 nitrogen and oxygen atoms in total. The number of alkyl halides is 3. The molecule has 1 saturated heterocycles. The number of hydrogen-bond acceptors (Lipinski definition) is 4. The first-order chi connectivity index (χ1) is 14.3. The number of benzene rings is 1. The van der Waals surface area contributed by atoms with Gasteiger partial charge in [-0.1, -0.05) is 12.1 Å². The number of guanidine groups is 1. The number of halogens is 4. The minimum absolute atomic E-state index is 0. The number of nitrogens with zero attached hydrogens (tertiary/aromatic N) is 3. The fourth-order valence-electron chi connectivity index (χ4n) is 3.19. The molecule has 1 aromatic heterocycles. The van der Waals surface area contributed by atoms with Crippen molar-refractivity contribution in [2.24, 2.45) is 12.0 Å². The number of ether oxygens (including phenoxy) is 2. The summed E-state index contributed by atoms with van der Waals surface area (Å²) in [6, 6.07) is 5.91. The molecule has 2 heterocycles. The maximum absolute atomic E-state index is 13.1. The Morgan fingerprint density at radius 1 is 1.29 bits per heavy atom. The van der Waals surface area contributed by atoms with Gasteiger partial charge in [-0.2, -0.15) is 18.3 Å². The van der Waals surface area contributed by atoms with E-state index in [0.29, 0.717) is 25.7 Å². The molecule has 172 valence electrons. The van der Waals surface area contributed by atoms with Gasteiger partial charge in [0, 0.05) is 50.9 Å². The minimum atomic E-state index is -4.51. The standard InChI is InChI=1S/C20H26F3N5O2.HI/c1-13-4-5-14(17(8-13)30-16-6-7-29-12-16)9-25-19(24-2)26-10-15-11-28(3)27-18(15)20(21,22)23;/h4-5,8,11,16H,6-7,9-10,12H2,1-3H3,(H2,24,25,26);1H. The van der Waals surface area contributed by atoms with E-state index in [1.807, 2.05) is 25.1 Å². The summed E-state index contributed by atoms with van der Waals surface area (Å²) in [6.45, 7) is 3.59. The van der Waals surface area contributed by atoms with E-state index in [1.165, 1.54) is 13.2 Å². The first kappa shape index (κ1) is 25.2. The Bertz CT molecular complexity index is 895. The Kier molecular flexibility index (Phi) is 8.98. The monoisotopic (exact) mass is 553 g/mol. The van der Waals surface area contributed by atoms with Crippen molar-refractivity contribution in [3.63, 3.8) is 0 Å². The summed E-state index contributed by atoms with van der Waals surface area (Å²) in [7, 11) is 3.02. The lowest BCUT2D eigenvalue weighted by Gasteiger charge is -2.18. The van der Waals surface area contributed by atoms with E-state index in [2.05, 4.69) is 20.7 Å². The van der Waals surface area contributed by atoms with Crippen LogP contribution in [0.5, 0.6) is 5.75 Å². The molecule has 11 heteroatoms. The summed E-state index contributed by atoms with van der Waals surface area (Å²) in [4.78, 5) is 4.09. The molecule has 0 radical (unpaired) electrons. The van der Waals surface area contributed by atoms with E-state index >= 15 is 0 Å². The quantitative estimate of drug-likeness (QED) is 0.326. The van der Waals surface area contributed by atoms with Crippen molar-refractivity contribution in [1.82, 2.24) is 20.4 Å². The van der Waals surface area contributed by atoms with Gasteiger partial charge in [0.25, 0.3) is 0 Å². The highest BCUT2D eigenvalue weighted by atomic mass is 127. The van der Waals surface area contributed by atoms with Crippen molar-refractivity contribution in [2.75, 3.05) is 20.3 Å². The van der Waals surface area contributed by atoms with Crippen LogP contribution in [0.3, 0.4) is 0 Å². The van der Waals surface area contributed by atoms with Crippen molar-refractivity contribution in [2.45, 2.75) is 38.7 Å². The van der Waals surface area contributed by atoms with Gasteiger partial charge >= 0.3 is 6.18 Å². The van der Waals surface area contributed by atoms with Gasteiger partial charge in [-0.25, -0.2) is 0 Å². The van der Waals surface area contributed by atoms with Crippen molar-refractivity contribution in [1.29, 1.82) is 0 Å². The summed E-state index contributed by atoms with van der Waals surface area (Å²) in [5, 5.41) is 9.55. The van der Waals surface area contributed by atoms with Crippen LogP contribution < -0.4 is 15.4 Å². The predicted octanol–water partition coefficient (Wildman–Crippen LogP) is 3.40. The van der Waals surface area contributed by atoms with Gasteiger partial charge in [0.2, 0.25) is 0 Å². The molecule has 31 heavy (non-hydrogen) atoms. The van der Waals surface area contributed by atoms with Crippen LogP contribution in [0.15, 0.2) is 29.4 Å². The van der Waals surface area contributed by atoms with Crippen LogP contribution in [0.25, 0.3) is 0 Å². The molecule has 0 aliphatic carbocycles. The first-order valence-electron chi connectivity index (χ1n) is 9.64. The van der Waals surface area contributed by atoms with Crippen molar-refractivity contribution >= 4 is 29.9 Å². The molecule has 2 aromatic rings. The highest BCUT2D eigenvalue weighted by molar-refractivity contribution is 14.0. The fraction of sp³-hybridized carbons (Fsp3) is 0.500. The largest absolute Gasteiger partial charge is 0.488 e. The van der Waals surface area contributed by atoms with Crippen molar-refractivity contribution in [3.05, 3.63) is 46.8 Å². The second-order valence-corrected chi connectivity index (χ2v) is 7.17. The van der Waals surface area contributed by atoms with E-state index in [9.17, 15) is 13.2 Å². The highest BCUT2D eigenvalue weighted by Gasteiger charge is 2.36. The lowest BCUT2D eigenvalue weighted by molar-refractivity contribution is -0.142. The third-order valence-electron chi connectivity index (χ3n) is 4.69. The molecule has 1 aliphatic rings. The molecule has 0 spiro atoms. The lowest BCUT2D eigenvalue weighted by atomic mass is 10.1. The molecule has 3 rings (SSSR count). The number of aryl methyl sites for hydroxylation is 2. The Morgan fingerprint density at radius 3 is 2.61 bits per heavy atom. The van der Waals surface area contributed by atoms with Crippen molar-refractivity contribution in [3.8, 4) is 5.75 Å². The highest BCUT2D eigenvalue weighted by Crippen LogP contribution is 2.30. The molecule has 1 fully saturated rings. The van der Waals surface area contributed by atoms with E-state index in [-0.39, 0.29) is 42.2 Å². The Labute approximate surface area is 196 Å². The average Bonchev–Trinajstić information content (AvgIpc) is 3.32. The van der Waals surface area contributed by atoms with Gasteiger partial charge in [-0.05, 0) is 18.6 Å². The van der Waals surface area contributed by atoms with Gasteiger partial charge in [-0.3, -0.25) is 9.67 Å². The number of nitrogens with one attached hydrogen (secondary N) is 2. The molecule has 1 aliphatic heterocycles. The molecule has 2 N–H and O–H groups in total. The fourth-order valence-corrected chi connectivity index (χ4v) is 3.19. The zero-order valence-electron chi connectivity index (χ0n) is 17.6. The average molecular weight is 553 g/mol. The zero-order chi connectivity index (χ0) is 21.7. The Balaban J connectivity index is 0.00000341. The summed E-state index contributed by atoms with van der Waals surface area (Å²) >= 11 is 0. The van der Waals surface area contributed by atoms with Crippen LogP contribution in [0.4, 0.5) is 13.2 Å². The van der Waals surface area contributed by atoms with Crippen LogP contribution >= 0.6 is 24.0 Å². The van der Waals surface area contributed by atoms with Gasteiger partial charge in [0.15, 0.2) is 11.7 Å². The normalized spacial score (nSPS) is 16.7. The van der Waals surface area contributed by atoms with Gasteiger partial charge in [0.1, 0.15) is 11.9 Å². The SMILES string of the molecule is CN=C(NCc1ccc(C)cc1OC1CCOC1)NCc1cn(C)nc1C(F)(F)F.I. The van der Waals surface area contributed by atoms with Crippen LogP contribution in [-0.4, -0.2) is 42.1 Å². The molecule has 0 saturated carbocycles. The van der Waals surface area contributed by atoms with E-state index in [1.54, 1.807) is 7.05 Å². The van der Waals surface area contributed by atoms with Crippen LogP contribution in [-0.2, 0) is 31.1 Å².